The summed E-state index contributed by atoms with van der Waals surface area (Å²) in [4.78, 5) is 26.7. The summed E-state index contributed by atoms with van der Waals surface area (Å²) in [6, 6.07) is 18.2. The van der Waals surface area contributed by atoms with Gasteiger partial charge >= 0.3 is 5.69 Å². The molecule has 0 N–H and O–H groups in total. The molecule has 0 fully saturated rings. The number of aromatic nitrogens is 3. The van der Waals surface area contributed by atoms with Crippen molar-refractivity contribution in [2.45, 2.75) is 13.0 Å². The molecule has 3 heterocycles. The lowest BCUT2D eigenvalue weighted by molar-refractivity contribution is 0.223. The highest BCUT2D eigenvalue weighted by Gasteiger charge is 2.37. The Balaban J connectivity index is 1.86. The van der Waals surface area contributed by atoms with Crippen LogP contribution in [0.3, 0.4) is 0 Å². The van der Waals surface area contributed by atoms with E-state index in [9.17, 15) is 14.0 Å². The van der Waals surface area contributed by atoms with E-state index in [2.05, 4.69) is 0 Å². The van der Waals surface area contributed by atoms with Gasteiger partial charge in [0.15, 0.2) is 6.10 Å². The van der Waals surface area contributed by atoms with Gasteiger partial charge < -0.3 is 9.30 Å². The molecule has 5 aromatic rings. The van der Waals surface area contributed by atoms with Gasteiger partial charge in [-0.05, 0) is 36.8 Å². The highest BCUT2D eigenvalue weighted by Crippen LogP contribution is 2.46. The Morgan fingerprint density at radius 3 is 2.33 bits per heavy atom. The molecule has 2 aromatic heterocycles. The average Bonchev–Trinajstić information content (AvgIpc) is 3.23. The third-order valence-electron chi connectivity index (χ3n) is 6.78. The Morgan fingerprint density at radius 1 is 0.889 bits per heavy atom. The lowest BCUT2D eigenvalue weighted by Crippen LogP contribution is -2.37. The van der Waals surface area contributed by atoms with Crippen LogP contribution in [0.2, 0.25) is 0 Å². The zero-order valence-corrected chi connectivity index (χ0v) is 19.8. The molecule has 0 bridgehead atoms. The minimum atomic E-state index is -1.04. The summed E-state index contributed by atoms with van der Waals surface area (Å²) >= 11 is 0. The van der Waals surface area contributed by atoms with Gasteiger partial charge in [-0.2, -0.15) is 0 Å². The Bertz CT molecular complexity index is 1810. The number of halogens is 2. The summed E-state index contributed by atoms with van der Waals surface area (Å²) in [5, 5.41) is 0.311. The van der Waals surface area contributed by atoms with Crippen molar-refractivity contribution in [2.24, 2.45) is 14.1 Å². The van der Waals surface area contributed by atoms with E-state index >= 15 is 4.39 Å². The topological polar surface area (TPSA) is 58.2 Å². The lowest BCUT2D eigenvalue weighted by Gasteiger charge is -2.30. The first kappa shape index (κ1) is 22.0. The molecule has 1 atom stereocenters. The number of para-hydroxylation sites is 2. The SMILES string of the molecule is Cc1ccc(-c2c3c(=O)n(C)c(=O)n(C)c3c3n2-c2ccccc2OC3c2ccc(F)cc2F)cc1. The van der Waals surface area contributed by atoms with Crippen LogP contribution in [-0.4, -0.2) is 13.7 Å². The van der Waals surface area contributed by atoms with Crippen LogP contribution in [0, 0.1) is 18.6 Å². The summed E-state index contributed by atoms with van der Waals surface area (Å²) in [6.07, 6.45) is -1.04. The van der Waals surface area contributed by atoms with Crippen LogP contribution in [0.4, 0.5) is 8.78 Å². The molecule has 1 aliphatic heterocycles. The molecule has 0 saturated carbocycles. The number of hydrogen-bond acceptors (Lipinski definition) is 3. The van der Waals surface area contributed by atoms with Gasteiger partial charge in [-0.3, -0.25) is 13.9 Å². The van der Waals surface area contributed by atoms with Gasteiger partial charge in [0.25, 0.3) is 5.56 Å². The second kappa shape index (κ2) is 7.78. The molecule has 0 saturated heterocycles. The number of fused-ring (bicyclic) bond motifs is 5. The average molecular weight is 485 g/mol. The number of nitrogens with zero attached hydrogens (tertiary/aromatic N) is 3. The van der Waals surface area contributed by atoms with Crippen molar-refractivity contribution < 1.29 is 13.5 Å². The fourth-order valence-electron chi connectivity index (χ4n) is 5.02. The van der Waals surface area contributed by atoms with Crippen LogP contribution in [0.25, 0.3) is 27.8 Å². The maximum atomic E-state index is 15.1. The summed E-state index contributed by atoms with van der Waals surface area (Å²) in [7, 11) is 3.00. The van der Waals surface area contributed by atoms with Crippen LogP contribution >= 0.6 is 0 Å². The van der Waals surface area contributed by atoms with Gasteiger partial charge in [-0.25, -0.2) is 13.6 Å². The monoisotopic (exact) mass is 485 g/mol. The van der Waals surface area contributed by atoms with E-state index < -0.39 is 29.0 Å². The van der Waals surface area contributed by atoms with Crippen molar-refractivity contribution >= 4 is 10.9 Å². The van der Waals surface area contributed by atoms with Gasteiger partial charge in [0.2, 0.25) is 0 Å². The molecule has 1 unspecified atom stereocenters. The number of rotatable bonds is 2. The summed E-state index contributed by atoms with van der Waals surface area (Å²) in [5.41, 5.74) is 2.87. The van der Waals surface area contributed by atoms with Crippen molar-refractivity contribution in [1.82, 2.24) is 13.7 Å². The van der Waals surface area contributed by atoms with Crippen molar-refractivity contribution in [2.75, 3.05) is 0 Å². The highest BCUT2D eigenvalue weighted by molar-refractivity contribution is 5.98. The van der Waals surface area contributed by atoms with E-state index in [1.807, 2.05) is 47.9 Å². The standard InChI is InChI=1S/C28H21F2N3O3/c1-15-8-10-16(11-9-15)23-22-24(31(2)28(35)32(3)27(22)34)25-26(18-13-12-17(29)14-19(18)30)36-21-7-5-4-6-20(21)33(23)25/h4-14,26H,1-3H3. The molecule has 0 aliphatic carbocycles. The van der Waals surface area contributed by atoms with Crippen LogP contribution in [-0.2, 0) is 14.1 Å². The molecule has 0 radical (unpaired) electrons. The lowest BCUT2D eigenvalue weighted by atomic mass is 10.0. The Labute approximate surface area is 204 Å². The first-order chi connectivity index (χ1) is 17.3. The van der Waals surface area contributed by atoms with Crippen molar-refractivity contribution in [3.63, 3.8) is 0 Å². The van der Waals surface area contributed by atoms with E-state index in [1.54, 1.807) is 19.2 Å². The fraction of sp³-hybridized carbons (Fsp3) is 0.143. The van der Waals surface area contributed by atoms with E-state index in [-0.39, 0.29) is 5.56 Å². The molecule has 6 nitrogen and oxygen atoms in total. The molecular formula is C28H21F2N3O3. The largest absolute Gasteiger partial charge is 0.477 e. The predicted molar refractivity (Wildman–Crippen MR) is 133 cm³/mol. The number of benzene rings is 3. The van der Waals surface area contributed by atoms with Crippen LogP contribution in [0.15, 0.2) is 76.3 Å². The van der Waals surface area contributed by atoms with Gasteiger partial charge in [0.1, 0.15) is 17.4 Å². The second-order valence-corrected chi connectivity index (χ2v) is 9.00. The highest BCUT2D eigenvalue weighted by atomic mass is 19.1. The molecule has 36 heavy (non-hydrogen) atoms. The molecule has 3 aromatic carbocycles. The second-order valence-electron chi connectivity index (χ2n) is 9.00. The smallest absolute Gasteiger partial charge is 0.331 e. The van der Waals surface area contributed by atoms with E-state index in [4.69, 9.17) is 4.74 Å². The minimum absolute atomic E-state index is 0.0927. The molecule has 8 heteroatoms. The van der Waals surface area contributed by atoms with Crippen molar-refractivity contribution in [3.05, 3.63) is 116 Å². The van der Waals surface area contributed by atoms with Gasteiger partial charge in [-0.15, -0.1) is 0 Å². The first-order valence-corrected chi connectivity index (χ1v) is 11.4. The fourth-order valence-corrected chi connectivity index (χ4v) is 5.02. The zero-order chi connectivity index (χ0) is 25.3. The summed E-state index contributed by atoms with van der Waals surface area (Å²) in [6.45, 7) is 1.97. The van der Waals surface area contributed by atoms with Gasteiger partial charge in [0, 0.05) is 25.7 Å². The molecule has 0 spiro atoms. The third-order valence-corrected chi connectivity index (χ3v) is 6.78. The molecule has 1 aliphatic rings. The van der Waals surface area contributed by atoms with Crippen molar-refractivity contribution in [3.8, 4) is 22.7 Å². The third kappa shape index (κ3) is 3.00. The van der Waals surface area contributed by atoms with E-state index in [0.29, 0.717) is 33.7 Å². The van der Waals surface area contributed by atoms with Crippen LogP contribution in [0.5, 0.6) is 5.75 Å². The van der Waals surface area contributed by atoms with Crippen LogP contribution in [0.1, 0.15) is 22.9 Å². The summed E-state index contributed by atoms with van der Waals surface area (Å²) < 4.78 is 39.5. The Morgan fingerprint density at radius 2 is 1.61 bits per heavy atom. The Hall–Kier alpha value is -4.46. The normalized spacial score (nSPS) is 14.4. The van der Waals surface area contributed by atoms with Crippen molar-refractivity contribution in [1.29, 1.82) is 0 Å². The molecular weight excluding hydrogens is 464 g/mol. The van der Waals surface area contributed by atoms with Crippen LogP contribution < -0.4 is 16.0 Å². The van der Waals surface area contributed by atoms with E-state index in [1.165, 1.54) is 17.7 Å². The number of hydrogen-bond donors (Lipinski definition) is 0. The van der Waals surface area contributed by atoms with Gasteiger partial charge in [-0.1, -0.05) is 42.0 Å². The summed E-state index contributed by atoms with van der Waals surface area (Å²) in [5.74, 6) is -1.03. The molecule has 180 valence electrons. The quantitative estimate of drug-likeness (QED) is 0.362. The van der Waals surface area contributed by atoms with Gasteiger partial charge in [0.05, 0.1) is 28.0 Å². The minimum Gasteiger partial charge on any atom is -0.477 e. The predicted octanol–water partition coefficient (Wildman–Crippen LogP) is 4.76. The number of ether oxygens (including phenoxy) is 1. The Kier molecular flexibility index (Phi) is 4.76. The van der Waals surface area contributed by atoms with E-state index in [0.717, 1.165) is 27.8 Å². The first-order valence-electron chi connectivity index (χ1n) is 11.4. The zero-order valence-electron chi connectivity index (χ0n) is 19.8. The maximum absolute atomic E-state index is 15.1. The number of aryl methyl sites for hydroxylation is 2. The molecule has 0 amide bonds. The maximum Gasteiger partial charge on any atom is 0.331 e. The molecule has 6 rings (SSSR count).